The maximum absolute atomic E-state index is 14.1. The fourth-order valence-corrected chi connectivity index (χ4v) is 3.06. The summed E-state index contributed by atoms with van der Waals surface area (Å²) in [4.78, 5) is 12.1. The van der Waals surface area contributed by atoms with E-state index in [2.05, 4.69) is 10.4 Å². The van der Waals surface area contributed by atoms with Gasteiger partial charge in [-0.2, -0.15) is 5.10 Å². The summed E-state index contributed by atoms with van der Waals surface area (Å²) in [5, 5.41) is 16.3. The Bertz CT molecular complexity index is 967. The van der Waals surface area contributed by atoms with Crippen LogP contribution in [0.15, 0.2) is 48.7 Å². The van der Waals surface area contributed by atoms with Gasteiger partial charge in [-0.1, -0.05) is 12.1 Å². The summed E-state index contributed by atoms with van der Waals surface area (Å²) in [5.74, 6) is -1.45. The number of aromatic hydroxyl groups is 1. The molecule has 1 atom stereocenters. The Labute approximate surface area is 141 Å². The second-order valence-electron chi connectivity index (χ2n) is 5.85. The first-order valence-electron chi connectivity index (χ1n) is 7.65. The summed E-state index contributed by atoms with van der Waals surface area (Å²) >= 11 is 0. The van der Waals surface area contributed by atoms with E-state index in [0.29, 0.717) is 5.82 Å². The Morgan fingerprint density at radius 1 is 1.16 bits per heavy atom. The predicted molar refractivity (Wildman–Crippen MR) is 86.7 cm³/mol. The monoisotopic (exact) mass is 341 g/mol. The predicted octanol–water partition coefficient (Wildman–Crippen LogP) is 3.33. The molecule has 25 heavy (non-hydrogen) atoms. The van der Waals surface area contributed by atoms with Crippen LogP contribution in [0.3, 0.4) is 0 Å². The number of nitrogens with zero attached hydrogens (tertiary/aromatic N) is 2. The number of phenols is 1. The minimum atomic E-state index is -0.771. The Hall–Kier alpha value is -3.22. The number of hydrogen-bond acceptors (Lipinski definition) is 3. The fraction of sp³-hybridized carbons (Fsp3) is 0.111. The van der Waals surface area contributed by atoms with Crippen molar-refractivity contribution in [3.63, 3.8) is 0 Å². The molecule has 0 fully saturated rings. The highest BCUT2D eigenvalue weighted by Gasteiger charge is 2.30. The zero-order chi connectivity index (χ0) is 17.6. The van der Waals surface area contributed by atoms with Gasteiger partial charge in [0.1, 0.15) is 23.1 Å². The van der Waals surface area contributed by atoms with Gasteiger partial charge in [-0.15, -0.1) is 0 Å². The first-order valence-corrected chi connectivity index (χ1v) is 7.65. The van der Waals surface area contributed by atoms with Crippen LogP contribution in [0.1, 0.15) is 23.5 Å². The summed E-state index contributed by atoms with van der Waals surface area (Å²) in [7, 11) is 0. The number of hydrogen-bond donors (Lipinski definition) is 2. The molecule has 1 unspecified atom stereocenters. The minimum Gasteiger partial charge on any atom is -0.508 e. The molecule has 1 aliphatic heterocycles. The molecule has 2 heterocycles. The lowest BCUT2D eigenvalue weighted by Crippen LogP contribution is -2.24. The van der Waals surface area contributed by atoms with Crippen LogP contribution in [0.4, 0.5) is 14.6 Å². The maximum atomic E-state index is 14.1. The first kappa shape index (κ1) is 15.3. The zero-order valence-electron chi connectivity index (χ0n) is 12.9. The second-order valence-corrected chi connectivity index (χ2v) is 5.85. The van der Waals surface area contributed by atoms with Gasteiger partial charge >= 0.3 is 0 Å². The van der Waals surface area contributed by atoms with Gasteiger partial charge in [-0.3, -0.25) is 4.79 Å². The van der Waals surface area contributed by atoms with Crippen molar-refractivity contribution >= 4 is 11.7 Å². The van der Waals surface area contributed by atoms with E-state index in [-0.39, 0.29) is 29.7 Å². The number of carbonyl (C=O) groups is 1. The topological polar surface area (TPSA) is 67.1 Å². The highest BCUT2D eigenvalue weighted by Crippen LogP contribution is 2.38. The van der Waals surface area contributed by atoms with Crippen molar-refractivity contribution in [2.45, 2.75) is 12.3 Å². The van der Waals surface area contributed by atoms with Gasteiger partial charge in [0.05, 0.1) is 6.20 Å². The number of nitrogens with one attached hydrogen (secondary N) is 1. The standard InChI is InChI=1S/C18H13F2N3O2/c19-11-3-6-16(15(20)7-11)23-18-14(9-21-23)13(8-17(25)22-18)10-1-4-12(24)5-2-10/h1-7,9,13,24H,8H2,(H,22,25). The molecule has 0 saturated carbocycles. The van der Waals surface area contributed by atoms with E-state index in [9.17, 15) is 18.7 Å². The Morgan fingerprint density at radius 2 is 1.92 bits per heavy atom. The molecule has 126 valence electrons. The number of aromatic nitrogens is 2. The number of carbonyl (C=O) groups excluding carboxylic acids is 1. The molecule has 7 heteroatoms. The fourth-order valence-electron chi connectivity index (χ4n) is 3.06. The third-order valence-corrected chi connectivity index (χ3v) is 4.25. The van der Waals surface area contributed by atoms with Crippen molar-refractivity contribution in [3.8, 4) is 11.4 Å². The Morgan fingerprint density at radius 3 is 2.64 bits per heavy atom. The number of halogens is 2. The van der Waals surface area contributed by atoms with Crippen LogP contribution in [-0.4, -0.2) is 20.8 Å². The summed E-state index contributed by atoms with van der Waals surface area (Å²) in [6.45, 7) is 0. The van der Waals surface area contributed by atoms with E-state index < -0.39 is 11.6 Å². The minimum absolute atomic E-state index is 0.0503. The molecule has 0 spiro atoms. The Balaban J connectivity index is 1.82. The molecule has 3 aromatic rings. The molecular formula is C18H13F2N3O2. The van der Waals surface area contributed by atoms with Crippen molar-refractivity contribution in [1.29, 1.82) is 0 Å². The van der Waals surface area contributed by atoms with E-state index in [1.807, 2.05) is 0 Å². The number of amides is 1. The van der Waals surface area contributed by atoms with Gasteiger partial charge in [-0.25, -0.2) is 13.5 Å². The molecule has 2 aromatic carbocycles. The largest absolute Gasteiger partial charge is 0.508 e. The summed E-state index contributed by atoms with van der Waals surface area (Å²) in [6, 6.07) is 9.74. The molecule has 1 amide bonds. The van der Waals surface area contributed by atoms with Gasteiger partial charge in [-0.05, 0) is 29.8 Å². The molecule has 0 radical (unpaired) electrons. The van der Waals surface area contributed by atoms with Gasteiger partial charge in [0.25, 0.3) is 0 Å². The molecule has 1 aliphatic rings. The van der Waals surface area contributed by atoms with Crippen LogP contribution >= 0.6 is 0 Å². The van der Waals surface area contributed by atoms with Crippen molar-refractivity contribution in [2.75, 3.05) is 5.32 Å². The van der Waals surface area contributed by atoms with E-state index in [1.54, 1.807) is 30.5 Å². The summed E-state index contributed by atoms with van der Waals surface area (Å²) in [6.07, 6.45) is 1.78. The molecule has 1 aromatic heterocycles. The van der Waals surface area contributed by atoms with E-state index in [4.69, 9.17) is 0 Å². The number of rotatable bonds is 2. The Kier molecular flexibility index (Phi) is 3.49. The van der Waals surface area contributed by atoms with Crippen LogP contribution in [0.25, 0.3) is 5.69 Å². The van der Waals surface area contributed by atoms with Crippen LogP contribution in [0.2, 0.25) is 0 Å². The van der Waals surface area contributed by atoms with Crippen molar-refractivity contribution in [3.05, 3.63) is 71.4 Å². The molecule has 0 saturated heterocycles. The molecule has 0 aliphatic carbocycles. The molecule has 2 N–H and O–H groups in total. The molecule has 0 bridgehead atoms. The van der Waals surface area contributed by atoms with E-state index in [1.165, 1.54) is 10.7 Å². The molecular weight excluding hydrogens is 328 g/mol. The average Bonchev–Trinajstić information content (AvgIpc) is 2.98. The smallest absolute Gasteiger partial charge is 0.226 e. The van der Waals surface area contributed by atoms with Gasteiger partial charge in [0, 0.05) is 24.0 Å². The summed E-state index contributed by atoms with van der Waals surface area (Å²) in [5.41, 5.74) is 1.62. The van der Waals surface area contributed by atoms with Gasteiger partial charge < -0.3 is 10.4 Å². The lowest BCUT2D eigenvalue weighted by atomic mass is 9.87. The van der Waals surface area contributed by atoms with Crippen molar-refractivity contribution in [2.24, 2.45) is 0 Å². The number of fused-ring (bicyclic) bond motifs is 1. The highest BCUT2D eigenvalue weighted by molar-refractivity contribution is 5.94. The lowest BCUT2D eigenvalue weighted by Gasteiger charge is -2.23. The molecule has 5 nitrogen and oxygen atoms in total. The van der Waals surface area contributed by atoms with Gasteiger partial charge in [0.15, 0.2) is 5.82 Å². The average molecular weight is 341 g/mol. The highest BCUT2D eigenvalue weighted by atomic mass is 19.1. The third-order valence-electron chi connectivity index (χ3n) is 4.25. The van der Waals surface area contributed by atoms with E-state index in [0.717, 1.165) is 23.3 Å². The van der Waals surface area contributed by atoms with Crippen molar-refractivity contribution in [1.82, 2.24) is 9.78 Å². The molecule has 4 rings (SSSR count). The zero-order valence-corrected chi connectivity index (χ0v) is 12.9. The van der Waals surface area contributed by atoms with Crippen molar-refractivity contribution < 1.29 is 18.7 Å². The maximum Gasteiger partial charge on any atom is 0.226 e. The lowest BCUT2D eigenvalue weighted by molar-refractivity contribution is -0.116. The third kappa shape index (κ3) is 2.63. The SMILES string of the molecule is O=C1CC(c2ccc(O)cc2)c2cnn(-c3ccc(F)cc3F)c2N1. The van der Waals surface area contributed by atoms with Crippen LogP contribution in [0.5, 0.6) is 5.75 Å². The quantitative estimate of drug-likeness (QED) is 0.751. The van der Waals surface area contributed by atoms with Crippen LogP contribution in [0, 0.1) is 11.6 Å². The summed E-state index contributed by atoms with van der Waals surface area (Å²) < 4.78 is 28.5. The number of phenolic OH excluding ortho intramolecular Hbond substituents is 1. The number of benzene rings is 2. The second kappa shape index (κ2) is 5.70. The van der Waals surface area contributed by atoms with Crippen LogP contribution < -0.4 is 5.32 Å². The van der Waals surface area contributed by atoms with Gasteiger partial charge in [0.2, 0.25) is 5.91 Å². The normalized spacial score (nSPS) is 16.4. The van der Waals surface area contributed by atoms with Crippen LogP contribution in [-0.2, 0) is 4.79 Å². The first-order chi connectivity index (χ1) is 12.0. The van der Waals surface area contributed by atoms with E-state index >= 15 is 0 Å². The number of anilines is 1.